The number of carbonyl (C=O) groups is 1. The Morgan fingerprint density at radius 3 is 2.90 bits per heavy atom. The van der Waals surface area contributed by atoms with E-state index in [0.717, 1.165) is 37.7 Å². The summed E-state index contributed by atoms with van der Waals surface area (Å²) in [6.45, 7) is 7.89. The molecule has 2 heterocycles. The van der Waals surface area contributed by atoms with Gasteiger partial charge in [0.1, 0.15) is 0 Å². The van der Waals surface area contributed by atoms with Gasteiger partial charge in [-0.05, 0) is 26.0 Å². The second kappa shape index (κ2) is 7.36. The average molecular weight is 277 g/mol. The van der Waals surface area contributed by atoms with Gasteiger partial charge in [-0.25, -0.2) is 0 Å². The van der Waals surface area contributed by atoms with Gasteiger partial charge >= 0.3 is 0 Å². The summed E-state index contributed by atoms with van der Waals surface area (Å²) >= 11 is 0. The molecule has 1 fully saturated rings. The monoisotopic (exact) mass is 277 g/mol. The molecule has 0 aromatic carbocycles. The van der Waals surface area contributed by atoms with Gasteiger partial charge in [-0.2, -0.15) is 0 Å². The van der Waals surface area contributed by atoms with E-state index in [0.29, 0.717) is 13.0 Å². The molecule has 1 saturated heterocycles. The fraction of sp³-hybridized carbons (Fsp3) is 0.600. The van der Waals surface area contributed by atoms with E-state index < -0.39 is 0 Å². The maximum atomic E-state index is 12.0. The van der Waals surface area contributed by atoms with Gasteiger partial charge in [0, 0.05) is 31.2 Å². The minimum Gasteiger partial charge on any atom is -0.379 e. The Kier molecular flexibility index (Phi) is 5.49. The summed E-state index contributed by atoms with van der Waals surface area (Å²) in [5.74, 6) is 0.0762. The van der Waals surface area contributed by atoms with E-state index in [-0.39, 0.29) is 11.9 Å². The Hall–Kier alpha value is -1.46. The fourth-order valence-electron chi connectivity index (χ4n) is 2.37. The van der Waals surface area contributed by atoms with Crippen LogP contribution in [-0.2, 0) is 16.1 Å². The molecule has 1 aliphatic rings. The summed E-state index contributed by atoms with van der Waals surface area (Å²) in [7, 11) is 0. The number of pyridine rings is 1. The highest BCUT2D eigenvalue weighted by Crippen LogP contribution is 2.07. The summed E-state index contributed by atoms with van der Waals surface area (Å²) in [4.78, 5) is 18.6. The molecular weight excluding hydrogens is 254 g/mol. The van der Waals surface area contributed by atoms with Crippen molar-refractivity contribution in [3.05, 3.63) is 29.6 Å². The molecule has 0 radical (unpaired) electrons. The minimum absolute atomic E-state index is 0.0762. The van der Waals surface area contributed by atoms with E-state index in [1.165, 1.54) is 0 Å². The highest BCUT2D eigenvalue weighted by molar-refractivity contribution is 5.76. The van der Waals surface area contributed by atoms with Crippen LogP contribution in [0.15, 0.2) is 18.2 Å². The first-order chi connectivity index (χ1) is 9.65. The predicted octanol–water partition coefficient (Wildman–Crippen LogP) is 1.12. The summed E-state index contributed by atoms with van der Waals surface area (Å²) in [5.41, 5.74) is 1.87. The number of hydrogen-bond acceptors (Lipinski definition) is 4. The molecule has 20 heavy (non-hydrogen) atoms. The Balaban J connectivity index is 1.74. The lowest BCUT2D eigenvalue weighted by molar-refractivity contribution is -0.122. The first kappa shape index (κ1) is 14.9. The second-order valence-corrected chi connectivity index (χ2v) is 5.25. The van der Waals surface area contributed by atoms with Crippen LogP contribution in [-0.4, -0.2) is 48.1 Å². The number of aromatic nitrogens is 1. The molecule has 1 N–H and O–H groups in total. The van der Waals surface area contributed by atoms with Crippen LogP contribution in [0.25, 0.3) is 0 Å². The zero-order valence-electron chi connectivity index (χ0n) is 12.3. The largest absolute Gasteiger partial charge is 0.379 e. The maximum absolute atomic E-state index is 12.0. The van der Waals surface area contributed by atoms with Crippen LogP contribution in [0.2, 0.25) is 0 Å². The van der Waals surface area contributed by atoms with E-state index in [2.05, 4.69) is 22.1 Å². The predicted molar refractivity (Wildman–Crippen MR) is 77.3 cm³/mol. The number of aryl methyl sites for hydroxylation is 1. The van der Waals surface area contributed by atoms with Gasteiger partial charge < -0.3 is 10.1 Å². The zero-order valence-corrected chi connectivity index (χ0v) is 12.3. The first-order valence-electron chi connectivity index (χ1n) is 7.16. The fourth-order valence-corrected chi connectivity index (χ4v) is 2.37. The zero-order chi connectivity index (χ0) is 14.4. The molecule has 5 nitrogen and oxygen atoms in total. The van der Waals surface area contributed by atoms with Crippen LogP contribution in [0.5, 0.6) is 0 Å². The van der Waals surface area contributed by atoms with Crippen LogP contribution < -0.4 is 5.32 Å². The van der Waals surface area contributed by atoms with Crippen LogP contribution in [0.1, 0.15) is 24.7 Å². The van der Waals surface area contributed by atoms with Crippen LogP contribution >= 0.6 is 0 Å². The van der Waals surface area contributed by atoms with Gasteiger partial charge in [-0.3, -0.25) is 14.7 Å². The van der Waals surface area contributed by atoms with Crippen molar-refractivity contribution in [2.24, 2.45) is 0 Å². The van der Waals surface area contributed by atoms with Gasteiger partial charge in [0.2, 0.25) is 5.91 Å². The average Bonchev–Trinajstić information content (AvgIpc) is 2.46. The van der Waals surface area contributed by atoms with Crippen molar-refractivity contribution < 1.29 is 9.53 Å². The quantitative estimate of drug-likeness (QED) is 0.876. The molecule has 110 valence electrons. The van der Waals surface area contributed by atoms with Crippen molar-refractivity contribution in [2.75, 3.05) is 26.3 Å². The highest BCUT2D eigenvalue weighted by atomic mass is 16.5. The van der Waals surface area contributed by atoms with E-state index in [1.54, 1.807) is 0 Å². The molecule has 0 spiro atoms. The molecular formula is C15H23N3O2. The molecule has 0 aliphatic carbocycles. The van der Waals surface area contributed by atoms with Crippen molar-refractivity contribution >= 4 is 5.91 Å². The normalized spacial score (nSPS) is 17.7. The van der Waals surface area contributed by atoms with Crippen molar-refractivity contribution in [1.82, 2.24) is 15.2 Å². The summed E-state index contributed by atoms with van der Waals surface area (Å²) in [6, 6.07) is 6.09. The van der Waals surface area contributed by atoms with E-state index in [9.17, 15) is 4.79 Å². The summed E-state index contributed by atoms with van der Waals surface area (Å²) in [6.07, 6.45) is 0.520. The number of nitrogens with one attached hydrogen (secondary N) is 1. The lowest BCUT2D eigenvalue weighted by atomic mass is 10.2. The number of morpholine rings is 1. The lowest BCUT2D eigenvalue weighted by Gasteiger charge is -2.31. The minimum atomic E-state index is 0.0762. The number of carbonyl (C=O) groups excluding carboxylic acids is 1. The molecule has 2 rings (SSSR count). The lowest BCUT2D eigenvalue weighted by Crippen LogP contribution is -2.44. The molecule has 5 heteroatoms. The Morgan fingerprint density at radius 2 is 2.20 bits per heavy atom. The van der Waals surface area contributed by atoms with Crippen LogP contribution in [0.4, 0.5) is 0 Å². The van der Waals surface area contributed by atoms with E-state index in [1.807, 2.05) is 25.1 Å². The molecule has 1 amide bonds. The van der Waals surface area contributed by atoms with E-state index >= 15 is 0 Å². The molecule has 1 atom stereocenters. The van der Waals surface area contributed by atoms with Gasteiger partial charge in [0.05, 0.1) is 25.5 Å². The molecule has 1 aromatic rings. The Bertz CT molecular complexity index is 444. The SMILES string of the molecule is Cc1cccc(CNC(=O)C[C@H](C)N2CCOCC2)n1. The van der Waals surface area contributed by atoms with Gasteiger partial charge in [0.15, 0.2) is 0 Å². The van der Waals surface area contributed by atoms with Crippen molar-refractivity contribution in [3.8, 4) is 0 Å². The standard InChI is InChI=1S/C15H23N3O2/c1-12-4-3-5-14(17-12)11-16-15(19)10-13(2)18-6-8-20-9-7-18/h3-5,13H,6-11H2,1-2H3,(H,16,19)/t13-/m0/s1. The second-order valence-electron chi connectivity index (χ2n) is 5.25. The molecule has 0 saturated carbocycles. The van der Waals surface area contributed by atoms with Crippen molar-refractivity contribution in [1.29, 1.82) is 0 Å². The number of hydrogen-bond donors (Lipinski definition) is 1. The van der Waals surface area contributed by atoms with Crippen molar-refractivity contribution in [2.45, 2.75) is 32.9 Å². The van der Waals surface area contributed by atoms with E-state index in [4.69, 9.17) is 4.74 Å². The van der Waals surface area contributed by atoms with Crippen LogP contribution in [0, 0.1) is 6.92 Å². The third-order valence-electron chi connectivity index (χ3n) is 3.56. The number of ether oxygens (including phenoxy) is 1. The summed E-state index contributed by atoms with van der Waals surface area (Å²) < 4.78 is 5.32. The molecule has 1 aromatic heterocycles. The molecule has 0 unspecified atom stereocenters. The number of nitrogens with zero attached hydrogens (tertiary/aromatic N) is 2. The van der Waals surface area contributed by atoms with Crippen LogP contribution in [0.3, 0.4) is 0 Å². The topological polar surface area (TPSA) is 54.5 Å². The Labute approximate surface area is 120 Å². The third-order valence-corrected chi connectivity index (χ3v) is 3.56. The highest BCUT2D eigenvalue weighted by Gasteiger charge is 2.19. The molecule has 1 aliphatic heterocycles. The van der Waals surface area contributed by atoms with Gasteiger partial charge in [0.25, 0.3) is 0 Å². The Morgan fingerprint density at radius 1 is 1.45 bits per heavy atom. The van der Waals surface area contributed by atoms with Gasteiger partial charge in [-0.15, -0.1) is 0 Å². The number of rotatable bonds is 5. The number of amides is 1. The molecule has 0 bridgehead atoms. The maximum Gasteiger partial charge on any atom is 0.221 e. The third kappa shape index (κ3) is 4.58. The van der Waals surface area contributed by atoms with Crippen molar-refractivity contribution in [3.63, 3.8) is 0 Å². The van der Waals surface area contributed by atoms with Gasteiger partial charge in [-0.1, -0.05) is 6.07 Å². The first-order valence-corrected chi connectivity index (χ1v) is 7.16. The summed E-state index contributed by atoms with van der Waals surface area (Å²) in [5, 5.41) is 2.94. The smallest absolute Gasteiger partial charge is 0.221 e.